The summed E-state index contributed by atoms with van der Waals surface area (Å²) in [5, 5.41) is 13.8. The van der Waals surface area contributed by atoms with Gasteiger partial charge in [0, 0.05) is 23.5 Å². The molecule has 0 atom stereocenters. The van der Waals surface area contributed by atoms with Gasteiger partial charge >= 0.3 is 0 Å². The molecule has 0 saturated heterocycles. The first-order valence-electron chi connectivity index (χ1n) is 6.30. The van der Waals surface area contributed by atoms with E-state index in [1.54, 1.807) is 16.9 Å². The van der Waals surface area contributed by atoms with Gasteiger partial charge in [-0.3, -0.25) is 4.98 Å². The summed E-state index contributed by atoms with van der Waals surface area (Å²) < 4.78 is 1.75. The zero-order chi connectivity index (χ0) is 14.2. The Morgan fingerprint density at radius 2 is 1.86 bits per heavy atom. The van der Waals surface area contributed by atoms with Gasteiger partial charge in [0.1, 0.15) is 5.01 Å². The van der Waals surface area contributed by atoms with Gasteiger partial charge in [-0.1, -0.05) is 41.7 Å². The van der Waals surface area contributed by atoms with Crippen molar-refractivity contribution in [1.82, 2.24) is 24.8 Å². The smallest absolute Gasteiger partial charge is 0.235 e. The molecule has 0 bridgehead atoms. The number of pyridine rings is 1. The highest BCUT2D eigenvalue weighted by atomic mass is 32.1. The van der Waals surface area contributed by atoms with Crippen LogP contribution in [0.25, 0.3) is 26.9 Å². The van der Waals surface area contributed by atoms with E-state index >= 15 is 0 Å². The second-order valence-corrected chi connectivity index (χ2v) is 5.45. The fraction of sp³-hybridized carbons (Fsp3) is 0. The van der Waals surface area contributed by atoms with Crippen LogP contribution in [0.5, 0.6) is 0 Å². The fourth-order valence-corrected chi connectivity index (χ4v) is 2.90. The topological polar surface area (TPSA) is 82.0 Å². The lowest BCUT2D eigenvalue weighted by Gasteiger charge is -1.97. The number of anilines is 1. The number of hydrogen-bond donors (Lipinski definition) is 1. The first kappa shape index (κ1) is 12.0. The van der Waals surface area contributed by atoms with Crippen LogP contribution in [0.3, 0.4) is 0 Å². The summed E-state index contributed by atoms with van der Waals surface area (Å²) in [6.45, 7) is 0. The summed E-state index contributed by atoms with van der Waals surface area (Å²) in [5.41, 5.74) is 8.24. The molecule has 7 heteroatoms. The molecule has 0 aliphatic heterocycles. The van der Waals surface area contributed by atoms with Crippen molar-refractivity contribution in [2.24, 2.45) is 0 Å². The predicted octanol–water partition coefficient (Wildman–Crippen LogP) is 2.50. The van der Waals surface area contributed by atoms with Crippen LogP contribution in [0, 0.1) is 0 Å². The maximum atomic E-state index is 5.77. The van der Waals surface area contributed by atoms with Crippen molar-refractivity contribution in [1.29, 1.82) is 0 Å². The monoisotopic (exact) mass is 294 g/mol. The third-order valence-corrected chi connectivity index (χ3v) is 3.98. The van der Waals surface area contributed by atoms with Gasteiger partial charge in [0.05, 0.1) is 5.69 Å². The van der Waals surface area contributed by atoms with Crippen LogP contribution < -0.4 is 5.73 Å². The second kappa shape index (κ2) is 4.64. The van der Waals surface area contributed by atoms with E-state index in [2.05, 4.69) is 20.3 Å². The zero-order valence-corrected chi connectivity index (χ0v) is 11.7. The summed E-state index contributed by atoms with van der Waals surface area (Å²) in [4.78, 5) is 4.83. The van der Waals surface area contributed by atoms with E-state index in [1.807, 2.05) is 36.4 Å². The summed E-state index contributed by atoms with van der Waals surface area (Å²) in [5.74, 6) is 0.727. The molecule has 102 valence electrons. The molecular weight excluding hydrogens is 284 g/mol. The quantitative estimate of drug-likeness (QED) is 0.614. The van der Waals surface area contributed by atoms with Gasteiger partial charge in [-0.05, 0) is 6.07 Å². The molecule has 0 radical (unpaired) electrons. The molecule has 0 unspecified atom stereocenters. The summed E-state index contributed by atoms with van der Waals surface area (Å²) in [7, 11) is 0. The number of benzene rings is 1. The normalized spacial score (nSPS) is 11.0. The fourth-order valence-electron chi connectivity index (χ4n) is 2.08. The SMILES string of the molecule is Nc1cncc(-c2nn3c(-c4ccccc4)nnc3s2)c1. The molecule has 0 aliphatic rings. The number of nitrogens with zero attached hydrogens (tertiary/aromatic N) is 5. The summed E-state index contributed by atoms with van der Waals surface area (Å²) in [6.07, 6.45) is 3.35. The molecule has 0 aliphatic carbocycles. The lowest BCUT2D eigenvalue weighted by Crippen LogP contribution is -1.91. The number of hydrogen-bond acceptors (Lipinski definition) is 6. The van der Waals surface area contributed by atoms with E-state index in [9.17, 15) is 0 Å². The Kier molecular flexibility index (Phi) is 2.65. The molecule has 2 N–H and O–H groups in total. The van der Waals surface area contributed by atoms with Crippen LogP contribution >= 0.6 is 11.3 Å². The number of nitrogens with two attached hydrogens (primary N) is 1. The highest BCUT2D eigenvalue weighted by Crippen LogP contribution is 2.28. The van der Waals surface area contributed by atoms with Crippen molar-refractivity contribution in [2.75, 3.05) is 5.73 Å². The van der Waals surface area contributed by atoms with Crippen molar-refractivity contribution >= 4 is 22.0 Å². The van der Waals surface area contributed by atoms with Gasteiger partial charge in [-0.2, -0.15) is 9.61 Å². The molecule has 3 heterocycles. The molecule has 4 aromatic rings. The van der Waals surface area contributed by atoms with Crippen LogP contribution in [0.15, 0.2) is 48.8 Å². The molecule has 0 fully saturated rings. The number of aromatic nitrogens is 5. The standard InChI is InChI=1S/C14H10N6S/c15-11-6-10(7-16-8-11)13-19-20-12(17-18-14(20)21-13)9-4-2-1-3-5-9/h1-8H,15H2. The third-order valence-electron chi connectivity index (χ3n) is 3.03. The predicted molar refractivity (Wildman–Crippen MR) is 81.7 cm³/mol. The summed E-state index contributed by atoms with van der Waals surface area (Å²) in [6, 6.07) is 11.7. The van der Waals surface area contributed by atoms with Gasteiger partial charge in [-0.25, -0.2) is 0 Å². The van der Waals surface area contributed by atoms with E-state index in [-0.39, 0.29) is 0 Å². The minimum absolute atomic E-state index is 0.613. The van der Waals surface area contributed by atoms with Crippen molar-refractivity contribution < 1.29 is 0 Å². The maximum absolute atomic E-state index is 5.77. The maximum Gasteiger partial charge on any atom is 0.235 e. The first-order valence-corrected chi connectivity index (χ1v) is 7.11. The Balaban J connectivity index is 1.87. The molecular formula is C14H10N6S. The van der Waals surface area contributed by atoms with Crippen LogP contribution in [-0.2, 0) is 0 Å². The lowest BCUT2D eigenvalue weighted by atomic mass is 10.2. The average Bonchev–Trinajstić information content (AvgIpc) is 3.08. The van der Waals surface area contributed by atoms with E-state index in [1.165, 1.54) is 11.3 Å². The van der Waals surface area contributed by atoms with Crippen LogP contribution in [0.1, 0.15) is 0 Å². The molecule has 3 aromatic heterocycles. The van der Waals surface area contributed by atoms with Crippen LogP contribution in [-0.4, -0.2) is 24.8 Å². The molecule has 0 saturated carbocycles. The van der Waals surface area contributed by atoms with E-state index < -0.39 is 0 Å². The Morgan fingerprint density at radius 3 is 2.67 bits per heavy atom. The van der Waals surface area contributed by atoms with Gasteiger partial charge in [0.15, 0.2) is 5.82 Å². The highest BCUT2D eigenvalue weighted by Gasteiger charge is 2.14. The Bertz CT molecular complexity index is 912. The van der Waals surface area contributed by atoms with E-state index in [0.717, 1.165) is 26.9 Å². The number of rotatable bonds is 2. The van der Waals surface area contributed by atoms with Gasteiger partial charge < -0.3 is 5.73 Å². The molecule has 0 spiro atoms. The second-order valence-electron chi connectivity index (χ2n) is 4.50. The minimum atomic E-state index is 0.613. The Morgan fingerprint density at radius 1 is 1.00 bits per heavy atom. The first-order chi connectivity index (χ1) is 10.3. The van der Waals surface area contributed by atoms with Gasteiger partial charge in [-0.15, -0.1) is 10.2 Å². The molecule has 6 nitrogen and oxygen atoms in total. The molecule has 21 heavy (non-hydrogen) atoms. The van der Waals surface area contributed by atoms with Crippen molar-refractivity contribution in [3.63, 3.8) is 0 Å². The molecule has 4 rings (SSSR count). The van der Waals surface area contributed by atoms with Crippen LogP contribution in [0.4, 0.5) is 5.69 Å². The van der Waals surface area contributed by atoms with E-state index in [4.69, 9.17) is 5.73 Å². The van der Waals surface area contributed by atoms with Crippen molar-refractivity contribution in [3.05, 3.63) is 48.8 Å². The number of nitrogen functional groups attached to an aromatic ring is 1. The summed E-state index contributed by atoms with van der Waals surface area (Å²) >= 11 is 1.46. The minimum Gasteiger partial charge on any atom is -0.397 e. The largest absolute Gasteiger partial charge is 0.397 e. The average molecular weight is 294 g/mol. The van der Waals surface area contributed by atoms with Gasteiger partial charge in [0.25, 0.3) is 0 Å². The molecule has 0 amide bonds. The van der Waals surface area contributed by atoms with Crippen molar-refractivity contribution in [2.45, 2.75) is 0 Å². The van der Waals surface area contributed by atoms with Crippen molar-refractivity contribution in [3.8, 4) is 22.0 Å². The Labute approximate surface area is 123 Å². The van der Waals surface area contributed by atoms with E-state index in [0.29, 0.717) is 5.69 Å². The Hall–Kier alpha value is -2.80. The van der Waals surface area contributed by atoms with Gasteiger partial charge in [0.2, 0.25) is 4.96 Å². The lowest BCUT2D eigenvalue weighted by molar-refractivity contribution is 0.970. The number of fused-ring (bicyclic) bond motifs is 1. The molecule has 1 aromatic carbocycles. The highest BCUT2D eigenvalue weighted by molar-refractivity contribution is 7.19. The third kappa shape index (κ3) is 2.03. The zero-order valence-electron chi connectivity index (χ0n) is 10.8. The van der Waals surface area contributed by atoms with Crippen LogP contribution in [0.2, 0.25) is 0 Å².